The molecule has 8 nitrogen and oxygen atoms in total. The molecule has 0 bridgehead atoms. The Morgan fingerprint density at radius 2 is 1.17 bits per heavy atom. The van der Waals surface area contributed by atoms with E-state index in [1.165, 1.54) is 0 Å². The van der Waals surface area contributed by atoms with Crippen molar-refractivity contribution in [2.75, 3.05) is 5.73 Å². The summed E-state index contributed by atoms with van der Waals surface area (Å²) >= 11 is 11.9. The van der Waals surface area contributed by atoms with Gasteiger partial charge >= 0.3 is 0 Å². The molecular formula is C38H32Cl2N6O2. The highest BCUT2D eigenvalue weighted by Crippen LogP contribution is 2.26. The van der Waals surface area contributed by atoms with E-state index in [1.807, 2.05) is 64.2 Å². The van der Waals surface area contributed by atoms with E-state index in [4.69, 9.17) is 40.3 Å². The minimum Gasteiger partial charge on any atom is -0.398 e. The number of anilines is 1. The molecule has 7 rings (SSSR count). The molecule has 0 amide bonds. The predicted octanol–water partition coefficient (Wildman–Crippen LogP) is 8.37. The number of hydrogen-bond donors (Lipinski definition) is 2. The van der Waals surface area contributed by atoms with Crippen LogP contribution in [0.15, 0.2) is 94.6 Å². The van der Waals surface area contributed by atoms with Crippen molar-refractivity contribution < 1.29 is 0 Å². The van der Waals surface area contributed by atoms with Gasteiger partial charge in [0.2, 0.25) is 0 Å². The fourth-order valence-electron chi connectivity index (χ4n) is 5.69. The maximum atomic E-state index is 13.2. The van der Waals surface area contributed by atoms with Crippen LogP contribution in [0.1, 0.15) is 56.7 Å². The highest BCUT2D eigenvalue weighted by molar-refractivity contribution is 6.30. The van der Waals surface area contributed by atoms with Crippen LogP contribution >= 0.6 is 23.2 Å². The summed E-state index contributed by atoms with van der Waals surface area (Å²) in [6, 6.07) is 23.4. The molecule has 0 saturated carbocycles. The minimum absolute atomic E-state index is 0.0184. The van der Waals surface area contributed by atoms with Crippen molar-refractivity contribution in [3.8, 4) is 23.7 Å². The Bertz CT molecular complexity index is 2490. The van der Waals surface area contributed by atoms with E-state index in [0.717, 1.165) is 27.9 Å². The van der Waals surface area contributed by atoms with Gasteiger partial charge in [0.05, 0.1) is 38.7 Å². The fraction of sp³-hybridized carbons (Fsp3) is 0.158. The minimum atomic E-state index is -0.178. The first kappa shape index (κ1) is 32.6. The molecule has 3 aromatic heterocycles. The van der Waals surface area contributed by atoms with Gasteiger partial charge in [-0.15, -0.1) is 6.42 Å². The van der Waals surface area contributed by atoms with Crippen molar-refractivity contribution in [3.63, 3.8) is 0 Å². The van der Waals surface area contributed by atoms with Crippen molar-refractivity contribution in [1.29, 1.82) is 0 Å². The average molecular weight is 676 g/mol. The number of H-pyrrole nitrogens is 1. The number of halogens is 2. The topological polar surface area (TPSA) is 112 Å². The second-order valence-electron chi connectivity index (χ2n) is 12.0. The van der Waals surface area contributed by atoms with E-state index in [9.17, 15) is 9.59 Å². The highest BCUT2D eigenvalue weighted by Gasteiger charge is 2.19. The molecule has 0 aliphatic carbocycles. The molecule has 0 aliphatic rings. The van der Waals surface area contributed by atoms with Crippen LogP contribution in [0.5, 0.6) is 0 Å². The van der Waals surface area contributed by atoms with Crippen LogP contribution in [-0.2, 0) is 0 Å². The summed E-state index contributed by atoms with van der Waals surface area (Å²) in [5, 5.41) is 3.27. The molecule has 0 unspecified atom stereocenters. The van der Waals surface area contributed by atoms with Gasteiger partial charge in [-0.05, 0) is 78.9 Å². The van der Waals surface area contributed by atoms with Gasteiger partial charge in [-0.3, -0.25) is 18.7 Å². The zero-order valence-corrected chi connectivity index (χ0v) is 28.3. The van der Waals surface area contributed by atoms with Crippen molar-refractivity contribution in [2.24, 2.45) is 0 Å². The summed E-state index contributed by atoms with van der Waals surface area (Å²) in [7, 11) is 0. The number of nitrogens with two attached hydrogens (primary N) is 1. The Hall–Kier alpha value is -5.36. The maximum absolute atomic E-state index is 13.2. The van der Waals surface area contributed by atoms with Crippen LogP contribution in [0.3, 0.4) is 0 Å². The van der Waals surface area contributed by atoms with Gasteiger partial charge in [-0.2, -0.15) is 0 Å². The summed E-state index contributed by atoms with van der Waals surface area (Å²) in [4.78, 5) is 39.0. The van der Waals surface area contributed by atoms with Crippen LogP contribution < -0.4 is 16.9 Å². The van der Waals surface area contributed by atoms with Crippen molar-refractivity contribution in [3.05, 3.63) is 133 Å². The summed E-state index contributed by atoms with van der Waals surface area (Å²) in [5.74, 6) is 4.03. The lowest BCUT2D eigenvalue weighted by molar-refractivity contribution is 0.723. The molecule has 4 aromatic carbocycles. The molecule has 3 heterocycles. The first-order chi connectivity index (χ1) is 23.0. The molecule has 7 aromatic rings. The standard InChI is InChI=1S/2C19H16ClN3O/c1-11(2)18-22-17-14-9-10-21-16(14)8-7-15(17)19(24)23(18)13-5-3-12(20)4-6-13;1-4-14-16(21)10-9-15-17(14)22-18(11(2)3)23(19(15)24)13-7-5-12(20)6-8-13/h3-11,21H,1-2H3;1,5-11H,21H2,2-3H3. The van der Waals surface area contributed by atoms with Gasteiger partial charge in [0.1, 0.15) is 11.6 Å². The number of aromatic amines is 1. The molecule has 48 heavy (non-hydrogen) atoms. The van der Waals surface area contributed by atoms with Crippen LogP contribution in [-0.4, -0.2) is 24.1 Å². The van der Waals surface area contributed by atoms with Crippen LogP contribution in [0.25, 0.3) is 44.1 Å². The first-order valence-electron chi connectivity index (χ1n) is 15.4. The zero-order chi connectivity index (χ0) is 34.3. The Kier molecular flexibility index (Phi) is 8.85. The third kappa shape index (κ3) is 5.83. The second kappa shape index (κ2) is 13.0. The number of fused-ring (bicyclic) bond motifs is 4. The first-order valence-corrected chi connectivity index (χ1v) is 16.1. The number of benzene rings is 4. The van der Waals surface area contributed by atoms with E-state index < -0.39 is 0 Å². The quantitative estimate of drug-likeness (QED) is 0.144. The lowest BCUT2D eigenvalue weighted by atomic mass is 10.1. The van der Waals surface area contributed by atoms with E-state index in [2.05, 4.69) is 15.9 Å². The number of rotatable bonds is 4. The number of hydrogen-bond acceptors (Lipinski definition) is 5. The Labute approximate surface area is 286 Å². The number of nitrogens with one attached hydrogen (secondary N) is 1. The molecule has 0 atom stereocenters. The monoisotopic (exact) mass is 674 g/mol. The number of aromatic nitrogens is 5. The maximum Gasteiger partial charge on any atom is 0.266 e. The van der Waals surface area contributed by atoms with Gasteiger partial charge < -0.3 is 10.7 Å². The van der Waals surface area contributed by atoms with E-state index in [1.54, 1.807) is 57.7 Å². The lowest BCUT2D eigenvalue weighted by Gasteiger charge is -2.17. The molecular weight excluding hydrogens is 643 g/mol. The van der Waals surface area contributed by atoms with Gasteiger partial charge in [0.15, 0.2) is 0 Å². The second-order valence-corrected chi connectivity index (χ2v) is 12.8. The molecule has 240 valence electrons. The van der Waals surface area contributed by atoms with Crippen LogP contribution in [0, 0.1) is 12.3 Å². The Morgan fingerprint density at radius 1 is 0.688 bits per heavy atom. The predicted molar refractivity (Wildman–Crippen MR) is 197 cm³/mol. The van der Waals surface area contributed by atoms with Gasteiger partial charge in [-0.25, -0.2) is 9.97 Å². The smallest absolute Gasteiger partial charge is 0.266 e. The molecule has 0 spiro atoms. The van der Waals surface area contributed by atoms with E-state index >= 15 is 0 Å². The normalized spacial score (nSPS) is 11.3. The Morgan fingerprint density at radius 3 is 1.67 bits per heavy atom. The zero-order valence-electron chi connectivity index (χ0n) is 26.8. The van der Waals surface area contributed by atoms with Gasteiger partial charge in [-0.1, -0.05) is 56.8 Å². The largest absolute Gasteiger partial charge is 0.398 e. The fourth-order valence-corrected chi connectivity index (χ4v) is 5.94. The van der Waals surface area contributed by atoms with E-state index in [0.29, 0.717) is 49.1 Å². The molecule has 3 N–H and O–H groups in total. The van der Waals surface area contributed by atoms with Crippen LogP contribution in [0.2, 0.25) is 10.0 Å². The summed E-state index contributed by atoms with van der Waals surface area (Å²) in [5.41, 5.74) is 10.3. The van der Waals surface area contributed by atoms with E-state index in [-0.39, 0.29) is 23.0 Å². The molecule has 0 radical (unpaired) electrons. The molecule has 0 aliphatic heterocycles. The van der Waals surface area contributed by atoms with Crippen molar-refractivity contribution in [2.45, 2.75) is 39.5 Å². The average Bonchev–Trinajstić information content (AvgIpc) is 3.55. The van der Waals surface area contributed by atoms with Gasteiger partial charge in [0, 0.05) is 44.7 Å². The van der Waals surface area contributed by atoms with Crippen molar-refractivity contribution in [1.82, 2.24) is 24.1 Å². The molecule has 10 heteroatoms. The number of nitrogens with zero attached hydrogens (tertiary/aromatic N) is 4. The molecule has 0 saturated heterocycles. The van der Waals surface area contributed by atoms with Gasteiger partial charge in [0.25, 0.3) is 11.1 Å². The third-order valence-electron chi connectivity index (χ3n) is 8.04. The number of nitrogen functional groups attached to an aromatic ring is 1. The summed E-state index contributed by atoms with van der Waals surface area (Å²) in [6.45, 7) is 8.03. The molecule has 0 fully saturated rings. The van der Waals surface area contributed by atoms with Crippen molar-refractivity contribution >= 4 is 61.6 Å². The Balaban J connectivity index is 0.000000167. The third-order valence-corrected chi connectivity index (χ3v) is 8.54. The van der Waals surface area contributed by atoms with Crippen LogP contribution in [0.4, 0.5) is 5.69 Å². The summed E-state index contributed by atoms with van der Waals surface area (Å²) in [6.07, 6.45) is 7.43. The highest BCUT2D eigenvalue weighted by atomic mass is 35.5. The number of terminal acetylenes is 1. The SMILES string of the molecule is C#Cc1c(N)ccc2c(=O)n(-c3ccc(Cl)cc3)c(C(C)C)nc12.CC(C)c1nc2c(ccc3[nH]ccc32)c(=O)n1-c1ccc(Cl)cc1. The summed E-state index contributed by atoms with van der Waals surface area (Å²) < 4.78 is 3.28. The lowest BCUT2D eigenvalue weighted by Crippen LogP contribution is -2.25.